The molecule has 0 radical (unpaired) electrons. The van der Waals surface area contributed by atoms with E-state index < -0.39 is 0 Å². The topological polar surface area (TPSA) is 24.4 Å². The van der Waals surface area contributed by atoms with Crippen molar-refractivity contribution in [2.75, 3.05) is 5.32 Å². The summed E-state index contributed by atoms with van der Waals surface area (Å²) >= 11 is 0. The Bertz CT molecular complexity index is 767. The van der Waals surface area contributed by atoms with E-state index in [2.05, 4.69) is 95.4 Å². The maximum Gasteiger partial charge on any atom is 0.0667 e. The van der Waals surface area contributed by atoms with E-state index in [9.17, 15) is 0 Å². The molecule has 0 aliphatic heterocycles. The van der Waals surface area contributed by atoms with Crippen LogP contribution in [0.25, 0.3) is 0 Å². The molecule has 0 aliphatic carbocycles. The van der Waals surface area contributed by atoms with Crippen LogP contribution < -0.4 is 5.32 Å². The van der Waals surface area contributed by atoms with Gasteiger partial charge >= 0.3 is 0 Å². The highest BCUT2D eigenvalue weighted by Gasteiger charge is 2.07. The van der Waals surface area contributed by atoms with Gasteiger partial charge < -0.3 is 5.32 Å². The molecule has 0 spiro atoms. The summed E-state index contributed by atoms with van der Waals surface area (Å²) in [6.45, 7) is 13.0. The second-order valence-electron chi connectivity index (χ2n) is 7.16. The number of allylic oxidation sites excluding steroid dienone is 2. The van der Waals surface area contributed by atoms with Crippen molar-refractivity contribution in [3.8, 4) is 0 Å². The third-order valence-corrected chi connectivity index (χ3v) is 4.20. The number of anilines is 1. The molecule has 0 unspecified atom stereocenters. The summed E-state index contributed by atoms with van der Waals surface area (Å²) in [6, 6.07) is 16.8. The maximum atomic E-state index is 4.82. The number of aliphatic imine (C=N–C) groups is 1. The fourth-order valence-electron chi connectivity index (χ4n) is 2.98. The van der Waals surface area contributed by atoms with Crippen LogP contribution in [0.15, 0.2) is 65.3 Å². The minimum atomic E-state index is 0.467. The fraction of sp³-hybridized carbons (Fsp3) is 0.348. The van der Waals surface area contributed by atoms with Gasteiger partial charge in [-0.15, -0.1) is 0 Å². The summed E-state index contributed by atoms with van der Waals surface area (Å²) in [5.74, 6) is 0.957. The van der Waals surface area contributed by atoms with E-state index in [4.69, 9.17) is 4.99 Å². The van der Waals surface area contributed by atoms with Gasteiger partial charge in [-0.1, -0.05) is 64.1 Å². The van der Waals surface area contributed by atoms with E-state index in [1.165, 1.54) is 16.8 Å². The van der Waals surface area contributed by atoms with Crippen LogP contribution in [0.5, 0.6) is 0 Å². The van der Waals surface area contributed by atoms with Crippen molar-refractivity contribution < 1.29 is 0 Å². The summed E-state index contributed by atoms with van der Waals surface area (Å²) in [4.78, 5) is 4.82. The Balaban J connectivity index is 2.23. The van der Waals surface area contributed by atoms with Crippen molar-refractivity contribution in [1.82, 2.24) is 0 Å². The predicted molar refractivity (Wildman–Crippen MR) is 111 cm³/mol. The van der Waals surface area contributed by atoms with Gasteiger partial charge in [-0.3, -0.25) is 4.99 Å². The molecule has 0 saturated heterocycles. The Morgan fingerprint density at radius 1 is 0.840 bits per heavy atom. The van der Waals surface area contributed by atoms with Crippen LogP contribution in [0.1, 0.15) is 64.5 Å². The summed E-state index contributed by atoms with van der Waals surface area (Å²) < 4.78 is 0. The zero-order valence-corrected chi connectivity index (χ0v) is 16.3. The van der Waals surface area contributed by atoms with E-state index in [1.54, 1.807) is 0 Å². The van der Waals surface area contributed by atoms with Crippen LogP contribution in [0, 0.1) is 0 Å². The lowest BCUT2D eigenvalue weighted by Crippen LogP contribution is -2.02. The van der Waals surface area contributed by atoms with Crippen molar-refractivity contribution >= 4 is 17.1 Å². The second kappa shape index (κ2) is 8.66. The third-order valence-electron chi connectivity index (χ3n) is 4.20. The molecule has 0 amide bonds. The molecule has 0 bridgehead atoms. The van der Waals surface area contributed by atoms with Crippen LogP contribution in [0.3, 0.4) is 0 Å². The minimum absolute atomic E-state index is 0.467. The average Bonchev–Trinajstić information content (AvgIpc) is 2.55. The van der Waals surface area contributed by atoms with Gasteiger partial charge in [0.25, 0.3) is 0 Å². The Morgan fingerprint density at radius 3 is 2.04 bits per heavy atom. The molecule has 0 heterocycles. The normalized spacial score (nSPS) is 12.8. The third kappa shape index (κ3) is 5.32. The van der Waals surface area contributed by atoms with Crippen LogP contribution in [-0.2, 0) is 0 Å². The number of para-hydroxylation sites is 2. The molecular weight excluding hydrogens is 304 g/mol. The molecule has 0 aliphatic rings. The van der Waals surface area contributed by atoms with E-state index in [1.807, 2.05) is 6.07 Å². The summed E-state index contributed by atoms with van der Waals surface area (Å²) in [5.41, 5.74) is 6.93. The Hall–Kier alpha value is -2.35. The summed E-state index contributed by atoms with van der Waals surface area (Å²) in [5, 5.41) is 3.53. The zero-order chi connectivity index (χ0) is 18.4. The first-order valence-electron chi connectivity index (χ1n) is 9.07. The molecule has 0 fully saturated rings. The van der Waals surface area contributed by atoms with Gasteiger partial charge in [0.2, 0.25) is 0 Å². The molecule has 2 heteroatoms. The van der Waals surface area contributed by atoms with E-state index in [0.29, 0.717) is 11.8 Å². The lowest BCUT2D eigenvalue weighted by molar-refractivity contribution is 0.867. The number of hydrogen-bond acceptors (Lipinski definition) is 2. The smallest absolute Gasteiger partial charge is 0.0667 e. The van der Waals surface area contributed by atoms with Crippen molar-refractivity contribution in [3.05, 3.63) is 71.4 Å². The van der Waals surface area contributed by atoms with Crippen LogP contribution in [-0.4, -0.2) is 5.71 Å². The molecule has 25 heavy (non-hydrogen) atoms. The predicted octanol–water partition coefficient (Wildman–Crippen LogP) is 7.04. The number of benzene rings is 2. The highest BCUT2D eigenvalue weighted by molar-refractivity contribution is 5.95. The second-order valence-corrected chi connectivity index (χ2v) is 7.16. The van der Waals surface area contributed by atoms with Gasteiger partial charge in [0.1, 0.15) is 0 Å². The SMILES string of the molecule is CC(=CC(C)=Nc1ccccc1C(C)C)Nc1ccccc1C(C)C. The van der Waals surface area contributed by atoms with Crippen LogP contribution in [0.2, 0.25) is 0 Å². The van der Waals surface area contributed by atoms with Crippen molar-refractivity contribution in [2.24, 2.45) is 4.99 Å². The van der Waals surface area contributed by atoms with Gasteiger partial charge in [0, 0.05) is 17.1 Å². The summed E-state index contributed by atoms with van der Waals surface area (Å²) in [7, 11) is 0. The van der Waals surface area contributed by atoms with Crippen molar-refractivity contribution in [1.29, 1.82) is 0 Å². The maximum absolute atomic E-state index is 4.82. The van der Waals surface area contributed by atoms with Gasteiger partial charge in [0.05, 0.1) is 5.69 Å². The van der Waals surface area contributed by atoms with Gasteiger partial charge in [-0.25, -0.2) is 0 Å². The molecule has 2 nitrogen and oxygen atoms in total. The molecule has 0 saturated carbocycles. The lowest BCUT2D eigenvalue weighted by Gasteiger charge is -2.15. The molecule has 2 aromatic carbocycles. The zero-order valence-electron chi connectivity index (χ0n) is 16.3. The Kier molecular flexibility index (Phi) is 6.58. The quantitative estimate of drug-likeness (QED) is 0.563. The van der Waals surface area contributed by atoms with E-state index in [0.717, 1.165) is 17.1 Å². The molecular formula is C23H30N2. The number of nitrogens with zero attached hydrogens (tertiary/aromatic N) is 1. The van der Waals surface area contributed by atoms with Gasteiger partial charge in [-0.2, -0.15) is 0 Å². The van der Waals surface area contributed by atoms with E-state index >= 15 is 0 Å². The monoisotopic (exact) mass is 334 g/mol. The summed E-state index contributed by atoms with van der Waals surface area (Å²) in [6.07, 6.45) is 2.11. The fourth-order valence-corrected chi connectivity index (χ4v) is 2.98. The number of rotatable bonds is 6. The first kappa shape index (κ1) is 19.0. The van der Waals surface area contributed by atoms with Gasteiger partial charge in [0.15, 0.2) is 0 Å². The average molecular weight is 335 g/mol. The van der Waals surface area contributed by atoms with Crippen molar-refractivity contribution in [2.45, 2.75) is 53.4 Å². The first-order valence-corrected chi connectivity index (χ1v) is 9.07. The Morgan fingerprint density at radius 2 is 1.40 bits per heavy atom. The van der Waals surface area contributed by atoms with Gasteiger partial charge in [-0.05, 0) is 55.0 Å². The number of hydrogen-bond donors (Lipinski definition) is 1. The minimum Gasteiger partial charge on any atom is -0.359 e. The highest BCUT2D eigenvalue weighted by atomic mass is 14.9. The molecule has 0 aromatic heterocycles. The first-order chi connectivity index (χ1) is 11.9. The molecule has 2 rings (SSSR count). The van der Waals surface area contributed by atoms with Crippen LogP contribution >= 0.6 is 0 Å². The van der Waals surface area contributed by atoms with Crippen LogP contribution in [0.4, 0.5) is 11.4 Å². The molecule has 0 atom stereocenters. The molecule has 132 valence electrons. The largest absolute Gasteiger partial charge is 0.359 e. The standard InChI is InChI=1S/C23H30N2/c1-16(2)20-11-7-9-13-22(20)24-18(5)15-19(6)25-23-14-10-8-12-21(23)17(3)4/h7-17,24H,1-6H3. The molecule has 1 N–H and O–H groups in total. The Labute approximate surface area is 152 Å². The highest BCUT2D eigenvalue weighted by Crippen LogP contribution is 2.27. The lowest BCUT2D eigenvalue weighted by atomic mass is 10.0. The number of nitrogens with one attached hydrogen (secondary N) is 1. The van der Waals surface area contributed by atoms with Crippen molar-refractivity contribution in [3.63, 3.8) is 0 Å². The van der Waals surface area contributed by atoms with E-state index in [-0.39, 0.29) is 0 Å². The molecule has 2 aromatic rings.